The van der Waals surface area contributed by atoms with Crippen LogP contribution in [0.2, 0.25) is 0 Å². The fourth-order valence-corrected chi connectivity index (χ4v) is 5.87. The molecule has 3 aliphatic rings. The van der Waals surface area contributed by atoms with Gasteiger partial charge in [-0.3, -0.25) is 0 Å². The SMILES string of the molecule is CN1CCN(CC2CCCCCCCCCCC2(O)C2CCCC2)CC1. The van der Waals surface area contributed by atoms with E-state index in [-0.39, 0.29) is 5.60 Å². The molecule has 2 atom stereocenters. The Hall–Kier alpha value is -0.120. The van der Waals surface area contributed by atoms with E-state index in [0.29, 0.717) is 11.8 Å². The van der Waals surface area contributed by atoms with E-state index in [2.05, 4.69) is 16.8 Å². The van der Waals surface area contributed by atoms with E-state index in [1.54, 1.807) is 0 Å². The van der Waals surface area contributed by atoms with Crippen LogP contribution < -0.4 is 0 Å². The summed E-state index contributed by atoms with van der Waals surface area (Å²) in [6.07, 6.45) is 18.4. The van der Waals surface area contributed by atoms with Crippen molar-refractivity contribution in [2.24, 2.45) is 11.8 Å². The van der Waals surface area contributed by atoms with Gasteiger partial charge in [0.05, 0.1) is 5.60 Å². The minimum Gasteiger partial charge on any atom is -0.389 e. The largest absolute Gasteiger partial charge is 0.389 e. The normalized spacial score (nSPS) is 35.1. The summed E-state index contributed by atoms with van der Waals surface area (Å²) in [6.45, 7) is 5.89. The van der Waals surface area contributed by atoms with Crippen molar-refractivity contribution in [3.05, 3.63) is 0 Å². The molecule has 0 bridgehead atoms. The maximum Gasteiger partial charge on any atom is 0.0716 e. The van der Waals surface area contributed by atoms with Crippen molar-refractivity contribution < 1.29 is 5.11 Å². The highest BCUT2D eigenvalue weighted by atomic mass is 16.3. The number of nitrogens with zero attached hydrogens (tertiary/aromatic N) is 2. The number of piperazine rings is 1. The molecule has 3 nitrogen and oxygen atoms in total. The second kappa shape index (κ2) is 10.4. The van der Waals surface area contributed by atoms with Crippen LogP contribution in [0.1, 0.15) is 89.9 Å². The van der Waals surface area contributed by atoms with E-state index < -0.39 is 0 Å². The molecule has 0 aromatic carbocycles. The Morgan fingerprint density at radius 1 is 0.731 bits per heavy atom. The minimum atomic E-state index is -0.390. The second-order valence-corrected chi connectivity index (χ2v) is 9.64. The molecule has 2 aliphatic carbocycles. The number of rotatable bonds is 3. The number of aliphatic hydroxyl groups is 1. The predicted octanol–water partition coefficient (Wildman–Crippen LogP) is 4.69. The van der Waals surface area contributed by atoms with Gasteiger partial charge in [-0.05, 0) is 38.6 Å². The lowest BCUT2D eigenvalue weighted by Crippen LogP contribution is -2.52. The summed E-state index contributed by atoms with van der Waals surface area (Å²) in [5.41, 5.74) is -0.390. The molecule has 0 radical (unpaired) electrons. The lowest BCUT2D eigenvalue weighted by Gasteiger charge is -2.45. The Kier molecular flexibility index (Phi) is 8.27. The Labute approximate surface area is 162 Å². The first kappa shape index (κ1) is 20.6. The van der Waals surface area contributed by atoms with Gasteiger partial charge < -0.3 is 14.9 Å². The minimum absolute atomic E-state index is 0.390. The summed E-state index contributed by atoms with van der Waals surface area (Å²) >= 11 is 0. The van der Waals surface area contributed by atoms with Crippen LogP contribution in [0.5, 0.6) is 0 Å². The van der Waals surface area contributed by atoms with Crippen LogP contribution in [-0.2, 0) is 0 Å². The molecule has 1 N–H and O–H groups in total. The van der Waals surface area contributed by atoms with Crippen molar-refractivity contribution in [3.63, 3.8) is 0 Å². The summed E-state index contributed by atoms with van der Waals surface area (Å²) in [5, 5.41) is 12.1. The van der Waals surface area contributed by atoms with E-state index >= 15 is 0 Å². The van der Waals surface area contributed by atoms with Gasteiger partial charge in [0.2, 0.25) is 0 Å². The summed E-state index contributed by atoms with van der Waals surface area (Å²) in [7, 11) is 2.24. The van der Waals surface area contributed by atoms with Crippen molar-refractivity contribution in [2.75, 3.05) is 39.8 Å². The molecular weight excluding hydrogens is 320 g/mol. The van der Waals surface area contributed by atoms with Gasteiger partial charge in [-0.15, -0.1) is 0 Å². The van der Waals surface area contributed by atoms with Crippen molar-refractivity contribution in [1.82, 2.24) is 9.80 Å². The van der Waals surface area contributed by atoms with Crippen molar-refractivity contribution in [1.29, 1.82) is 0 Å². The molecule has 0 amide bonds. The first-order valence-electron chi connectivity index (χ1n) is 11.8. The van der Waals surface area contributed by atoms with E-state index in [0.717, 1.165) is 13.0 Å². The molecule has 0 aromatic heterocycles. The zero-order valence-electron chi connectivity index (χ0n) is 17.4. The average molecular weight is 365 g/mol. The standard InChI is InChI=1S/C23H44N2O/c1-24-16-18-25(19-17-24)20-22-14-8-6-4-2-3-5-7-11-15-23(22,26)21-12-9-10-13-21/h21-22,26H,2-20H2,1H3. The second-order valence-electron chi connectivity index (χ2n) is 9.64. The van der Waals surface area contributed by atoms with Crippen LogP contribution in [0.25, 0.3) is 0 Å². The van der Waals surface area contributed by atoms with Gasteiger partial charge in [0, 0.05) is 38.6 Å². The number of hydrogen-bond acceptors (Lipinski definition) is 3. The molecule has 3 fully saturated rings. The topological polar surface area (TPSA) is 26.7 Å². The molecule has 152 valence electrons. The summed E-state index contributed by atoms with van der Waals surface area (Å²) in [4.78, 5) is 5.11. The van der Waals surface area contributed by atoms with Gasteiger partial charge in [0.15, 0.2) is 0 Å². The first-order chi connectivity index (χ1) is 12.7. The van der Waals surface area contributed by atoms with E-state index in [1.807, 2.05) is 0 Å². The molecule has 26 heavy (non-hydrogen) atoms. The lowest BCUT2D eigenvalue weighted by molar-refractivity contribution is -0.0907. The highest BCUT2D eigenvalue weighted by Crippen LogP contribution is 2.44. The molecule has 1 aliphatic heterocycles. The Morgan fingerprint density at radius 3 is 1.92 bits per heavy atom. The smallest absolute Gasteiger partial charge is 0.0716 e. The van der Waals surface area contributed by atoms with Gasteiger partial charge in [0.1, 0.15) is 0 Å². The fraction of sp³-hybridized carbons (Fsp3) is 1.00. The maximum absolute atomic E-state index is 12.1. The molecule has 1 saturated heterocycles. The van der Waals surface area contributed by atoms with Gasteiger partial charge in [-0.2, -0.15) is 0 Å². The van der Waals surface area contributed by atoms with Crippen LogP contribution in [0.4, 0.5) is 0 Å². The summed E-state index contributed by atoms with van der Waals surface area (Å²) in [6, 6.07) is 0. The zero-order chi connectivity index (χ0) is 18.2. The predicted molar refractivity (Wildman–Crippen MR) is 111 cm³/mol. The molecule has 2 saturated carbocycles. The van der Waals surface area contributed by atoms with E-state index in [9.17, 15) is 5.11 Å². The fourth-order valence-electron chi connectivity index (χ4n) is 5.87. The summed E-state index contributed by atoms with van der Waals surface area (Å²) < 4.78 is 0. The van der Waals surface area contributed by atoms with Crippen LogP contribution in [-0.4, -0.2) is 60.3 Å². The highest BCUT2D eigenvalue weighted by Gasteiger charge is 2.44. The molecular formula is C23H44N2O. The Bertz CT molecular complexity index is 388. The third-order valence-corrected chi connectivity index (χ3v) is 7.72. The summed E-state index contributed by atoms with van der Waals surface area (Å²) in [5.74, 6) is 1.07. The van der Waals surface area contributed by atoms with Gasteiger partial charge in [0.25, 0.3) is 0 Å². The monoisotopic (exact) mass is 364 g/mol. The van der Waals surface area contributed by atoms with Crippen LogP contribution in [0.3, 0.4) is 0 Å². The molecule has 1 heterocycles. The first-order valence-corrected chi connectivity index (χ1v) is 11.8. The van der Waals surface area contributed by atoms with Crippen LogP contribution in [0, 0.1) is 11.8 Å². The van der Waals surface area contributed by atoms with E-state index in [1.165, 1.54) is 110 Å². The highest BCUT2D eigenvalue weighted by molar-refractivity contribution is 4.96. The molecule has 0 aromatic rings. The third-order valence-electron chi connectivity index (χ3n) is 7.72. The van der Waals surface area contributed by atoms with Gasteiger partial charge in [-0.25, -0.2) is 0 Å². The van der Waals surface area contributed by atoms with Crippen molar-refractivity contribution >= 4 is 0 Å². The molecule has 0 spiro atoms. The average Bonchev–Trinajstić information content (AvgIpc) is 3.18. The number of hydrogen-bond donors (Lipinski definition) is 1. The van der Waals surface area contributed by atoms with Crippen molar-refractivity contribution in [3.8, 4) is 0 Å². The molecule has 3 rings (SSSR count). The van der Waals surface area contributed by atoms with Crippen molar-refractivity contribution in [2.45, 2.75) is 95.5 Å². The van der Waals surface area contributed by atoms with Gasteiger partial charge in [-0.1, -0.05) is 64.2 Å². The Morgan fingerprint density at radius 2 is 1.27 bits per heavy atom. The third kappa shape index (κ3) is 5.69. The lowest BCUT2D eigenvalue weighted by atomic mass is 9.70. The quantitative estimate of drug-likeness (QED) is 0.787. The molecule has 2 unspecified atom stereocenters. The number of likely N-dealkylation sites (N-methyl/N-ethyl adjacent to an activating group) is 1. The van der Waals surface area contributed by atoms with E-state index in [4.69, 9.17) is 0 Å². The zero-order valence-corrected chi connectivity index (χ0v) is 17.4. The molecule has 3 heteroatoms. The maximum atomic E-state index is 12.1. The van der Waals surface area contributed by atoms with Crippen LogP contribution in [0.15, 0.2) is 0 Å². The van der Waals surface area contributed by atoms with Crippen LogP contribution >= 0.6 is 0 Å². The van der Waals surface area contributed by atoms with Gasteiger partial charge >= 0.3 is 0 Å². The Balaban J connectivity index is 1.69.